The first-order chi connectivity index (χ1) is 12.1. The van der Waals surface area contributed by atoms with Crippen LogP contribution in [0.5, 0.6) is 0 Å². The number of carbonyl (C=O) groups is 2. The molecule has 25 heavy (non-hydrogen) atoms. The molecule has 0 spiro atoms. The smallest absolute Gasteiger partial charge is 0.254 e. The van der Waals surface area contributed by atoms with Crippen LogP contribution in [-0.4, -0.2) is 43.0 Å². The summed E-state index contributed by atoms with van der Waals surface area (Å²) >= 11 is 1.63. The first-order valence-electron chi connectivity index (χ1n) is 8.42. The molecular weight excluding hydrogens is 336 g/mol. The second-order valence-corrected chi connectivity index (χ2v) is 6.84. The summed E-state index contributed by atoms with van der Waals surface area (Å²) in [6.45, 7) is 4.24. The maximum absolute atomic E-state index is 12.7. The van der Waals surface area contributed by atoms with Gasteiger partial charge < -0.3 is 15.0 Å². The van der Waals surface area contributed by atoms with Gasteiger partial charge in [-0.1, -0.05) is 6.07 Å². The van der Waals surface area contributed by atoms with Crippen molar-refractivity contribution in [2.24, 2.45) is 0 Å². The highest BCUT2D eigenvalue weighted by Crippen LogP contribution is 2.21. The van der Waals surface area contributed by atoms with Crippen LogP contribution in [0, 0.1) is 6.92 Å². The second kappa shape index (κ2) is 8.27. The Labute approximate surface area is 151 Å². The second-order valence-electron chi connectivity index (χ2n) is 6.06. The maximum Gasteiger partial charge on any atom is 0.254 e. The van der Waals surface area contributed by atoms with E-state index in [-0.39, 0.29) is 11.8 Å². The molecule has 1 fully saturated rings. The average molecular weight is 358 g/mol. The summed E-state index contributed by atoms with van der Waals surface area (Å²) in [6, 6.07) is 7.50. The van der Waals surface area contributed by atoms with Crippen molar-refractivity contribution < 1.29 is 14.3 Å². The largest absolute Gasteiger partial charge is 0.378 e. The zero-order valence-electron chi connectivity index (χ0n) is 14.3. The van der Waals surface area contributed by atoms with Gasteiger partial charge >= 0.3 is 0 Å². The van der Waals surface area contributed by atoms with Crippen LogP contribution in [-0.2, 0) is 16.0 Å². The molecule has 0 radical (unpaired) electrons. The Balaban J connectivity index is 1.65. The monoisotopic (exact) mass is 358 g/mol. The predicted molar refractivity (Wildman–Crippen MR) is 99.2 cm³/mol. The lowest BCUT2D eigenvalue weighted by Gasteiger charge is -2.27. The Morgan fingerprint density at radius 1 is 1.24 bits per heavy atom. The zero-order chi connectivity index (χ0) is 17.6. The van der Waals surface area contributed by atoms with E-state index in [1.54, 1.807) is 16.2 Å². The highest BCUT2D eigenvalue weighted by atomic mass is 32.1. The molecule has 2 amide bonds. The lowest BCUT2D eigenvalue weighted by molar-refractivity contribution is -0.116. The molecule has 1 N–H and O–H groups in total. The van der Waals surface area contributed by atoms with Crippen LogP contribution in [0.2, 0.25) is 0 Å². The van der Waals surface area contributed by atoms with Gasteiger partial charge in [0.15, 0.2) is 0 Å². The van der Waals surface area contributed by atoms with Crippen molar-refractivity contribution in [3.8, 4) is 0 Å². The summed E-state index contributed by atoms with van der Waals surface area (Å²) in [4.78, 5) is 26.7. The van der Waals surface area contributed by atoms with E-state index in [1.807, 2.05) is 36.6 Å². The van der Waals surface area contributed by atoms with Crippen LogP contribution in [0.1, 0.15) is 27.9 Å². The van der Waals surface area contributed by atoms with Crippen molar-refractivity contribution in [1.82, 2.24) is 4.90 Å². The molecule has 0 aliphatic carbocycles. The third-order valence-corrected chi connectivity index (χ3v) is 5.09. The number of hydrogen-bond acceptors (Lipinski definition) is 4. The maximum atomic E-state index is 12.7. The van der Waals surface area contributed by atoms with Crippen LogP contribution in [0.25, 0.3) is 0 Å². The van der Waals surface area contributed by atoms with E-state index < -0.39 is 0 Å². The van der Waals surface area contributed by atoms with Gasteiger partial charge in [0.1, 0.15) is 0 Å². The quantitative estimate of drug-likeness (QED) is 0.893. The number of morpholine rings is 1. The third kappa shape index (κ3) is 4.46. The predicted octanol–water partition coefficient (Wildman–Crippen LogP) is 3.10. The fraction of sp³-hybridized carbons (Fsp3) is 0.368. The Kier molecular flexibility index (Phi) is 5.83. The van der Waals surface area contributed by atoms with E-state index in [0.29, 0.717) is 44.0 Å². The van der Waals surface area contributed by atoms with Gasteiger partial charge in [0.2, 0.25) is 5.91 Å². The van der Waals surface area contributed by atoms with Crippen LogP contribution >= 0.6 is 11.3 Å². The summed E-state index contributed by atoms with van der Waals surface area (Å²) in [5.74, 6) is -0.0413. The minimum Gasteiger partial charge on any atom is -0.378 e. The summed E-state index contributed by atoms with van der Waals surface area (Å²) in [7, 11) is 0. The first kappa shape index (κ1) is 17.6. The minimum atomic E-state index is -0.0368. The Bertz CT molecular complexity index is 737. The van der Waals surface area contributed by atoms with Crippen LogP contribution in [0.15, 0.2) is 35.0 Å². The van der Waals surface area contributed by atoms with Gasteiger partial charge in [-0.15, -0.1) is 0 Å². The molecule has 1 aliphatic heterocycles. The summed E-state index contributed by atoms with van der Waals surface area (Å²) in [5.41, 5.74) is 3.32. The number of amides is 2. The molecule has 1 aromatic carbocycles. The van der Waals surface area contributed by atoms with Crippen molar-refractivity contribution >= 4 is 28.8 Å². The standard InChI is InChI=1S/C19H22N2O3S/c1-14-16(19(23)21-8-10-24-11-9-21)3-2-4-17(14)20-18(22)6-5-15-7-12-25-13-15/h2-4,7,12-13H,5-6,8-11H2,1H3,(H,20,22). The molecule has 1 saturated heterocycles. The number of hydrogen-bond donors (Lipinski definition) is 1. The zero-order valence-corrected chi connectivity index (χ0v) is 15.1. The van der Waals surface area contributed by atoms with Gasteiger partial charge in [0, 0.05) is 30.8 Å². The normalized spacial score (nSPS) is 14.4. The molecule has 0 saturated carbocycles. The number of nitrogens with one attached hydrogen (secondary N) is 1. The molecule has 132 valence electrons. The van der Waals surface area contributed by atoms with Gasteiger partial charge in [-0.3, -0.25) is 9.59 Å². The van der Waals surface area contributed by atoms with E-state index >= 15 is 0 Å². The number of thiophene rings is 1. The summed E-state index contributed by atoms with van der Waals surface area (Å²) in [6.07, 6.45) is 1.15. The van der Waals surface area contributed by atoms with Crippen LogP contribution in [0.4, 0.5) is 5.69 Å². The van der Waals surface area contributed by atoms with E-state index in [2.05, 4.69) is 10.7 Å². The molecule has 0 atom stereocenters. The number of benzene rings is 1. The first-order valence-corrected chi connectivity index (χ1v) is 9.37. The highest BCUT2D eigenvalue weighted by molar-refractivity contribution is 7.07. The van der Waals surface area contributed by atoms with Gasteiger partial charge in [-0.05, 0) is 53.4 Å². The van der Waals surface area contributed by atoms with E-state index in [9.17, 15) is 9.59 Å². The number of ether oxygens (including phenoxy) is 1. The number of aryl methyl sites for hydroxylation is 1. The van der Waals surface area contributed by atoms with E-state index in [1.165, 1.54) is 5.56 Å². The SMILES string of the molecule is Cc1c(NC(=O)CCc2ccsc2)cccc1C(=O)N1CCOCC1. The van der Waals surface area contributed by atoms with E-state index in [0.717, 1.165) is 12.0 Å². The van der Waals surface area contributed by atoms with Crippen molar-refractivity contribution in [3.63, 3.8) is 0 Å². The molecule has 0 bridgehead atoms. The third-order valence-electron chi connectivity index (χ3n) is 4.36. The van der Waals surface area contributed by atoms with Crippen LogP contribution in [0.3, 0.4) is 0 Å². The average Bonchev–Trinajstić information content (AvgIpc) is 3.15. The van der Waals surface area contributed by atoms with Crippen molar-refractivity contribution in [2.45, 2.75) is 19.8 Å². The number of anilines is 1. The van der Waals surface area contributed by atoms with Crippen LogP contribution < -0.4 is 5.32 Å². The summed E-state index contributed by atoms with van der Waals surface area (Å²) < 4.78 is 5.30. The molecule has 5 nitrogen and oxygen atoms in total. The molecule has 0 unspecified atom stereocenters. The number of nitrogens with zero attached hydrogens (tertiary/aromatic N) is 1. The van der Waals surface area contributed by atoms with Gasteiger partial charge in [0.05, 0.1) is 13.2 Å². The number of rotatable bonds is 5. The van der Waals surface area contributed by atoms with Gasteiger partial charge in [-0.25, -0.2) is 0 Å². The Hall–Kier alpha value is -2.18. The molecule has 3 rings (SSSR count). The van der Waals surface area contributed by atoms with Crippen molar-refractivity contribution in [3.05, 3.63) is 51.7 Å². The van der Waals surface area contributed by atoms with E-state index in [4.69, 9.17) is 4.74 Å². The molecule has 6 heteroatoms. The summed E-state index contributed by atoms with van der Waals surface area (Å²) in [5, 5.41) is 7.01. The molecule has 1 aliphatic rings. The lowest BCUT2D eigenvalue weighted by Crippen LogP contribution is -2.41. The highest BCUT2D eigenvalue weighted by Gasteiger charge is 2.21. The Morgan fingerprint density at radius 3 is 2.76 bits per heavy atom. The number of carbonyl (C=O) groups excluding carboxylic acids is 2. The fourth-order valence-electron chi connectivity index (χ4n) is 2.85. The van der Waals surface area contributed by atoms with Crippen molar-refractivity contribution in [1.29, 1.82) is 0 Å². The molecule has 1 aromatic heterocycles. The lowest BCUT2D eigenvalue weighted by atomic mass is 10.0. The van der Waals surface area contributed by atoms with Gasteiger partial charge in [-0.2, -0.15) is 11.3 Å². The molecule has 2 aromatic rings. The van der Waals surface area contributed by atoms with Gasteiger partial charge in [0.25, 0.3) is 5.91 Å². The fourth-order valence-corrected chi connectivity index (χ4v) is 3.55. The van der Waals surface area contributed by atoms with Crippen molar-refractivity contribution in [2.75, 3.05) is 31.6 Å². The topological polar surface area (TPSA) is 58.6 Å². The Morgan fingerprint density at radius 2 is 2.04 bits per heavy atom. The molecular formula is C19H22N2O3S. The minimum absolute atomic E-state index is 0.00447. The molecule has 2 heterocycles.